The first-order chi connectivity index (χ1) is 9.68. The van der Waals surface area contributed by atoms with Gasteiger partial charge in [0.2, 0.25) is 0 Å². The number of rotatable bonds is 2. The maximum Gasteiger partial charge on any atom is 0.283 e. The van der Waals surface area contributed by atoms with Crippen LogP contribution in [0, 0.1) is 6.92 Å². The zero-order chi connectivity index (χ0) is 14.1. The van der Waals surface area contributed by atoms with Crippen LogP contribution in [0.5, 0.6) is 0 Å². The molecule has 1 aliphatic heterocycles. The highest BCUT2D eigenvalue weighted by atomic mass is 15.3. The van der Waals surface area contributed by atoms with Crippen molar-refractivity contribution in [1.29, 1.82) is 0 Å². The summed E-state index contributed by atoms with van der Waals surface area (Å²) in [5.41, 5.74) is 3.80. The molecule has 20 heavy (non-hydrogen) atoms. The van der Waals surface area contributed by atoms with Crippen LogP contribution in [0.15, 0.2) is 54.9 Å². The van der Waals surface area contributed by atoms with E-state index in [2.05, 4.69) is 84.3 Å². The van der Waals surface area contributed by atoms with Crippen LogP contribution in [0.3, 0.4) is 0 Å². The lowest BCUT2D eigenvalue weighted by molar-refractivity contribution is -0.647. The Labute approximate surface area is 120 Å². The Morgan fingerprint density at radius 1 is 1.10 bits per heavy atom. The highest BCUT2D eigenvalue weighted by Crippen LogP contribution is 2.23. The van der Waals surface area contributed by atoms with Gasteiger partial charge in [-0.25, -0.2) is 9.47 Å². The maximum atomic E-state index is 3.30. The Hall–Kier alpha value is -2.29. The molecule has 0 aliphatic carbocycles. The summed E-state index contributed by atoms with van der Waals surface area (Å²) in [5, 5.41) is 3.30. The SMILES string of the molecule is Cc1ccccc1-c1cccc(N2C=CN[C@H]2C)[n+]1C. The molecule has 2 aromatic rings. The van der Waals surface area contributed by atoms with Gasteiger partial charge in [0.1, 0.15) is 11.9 Å². The zero-order valence-corrected chi connectivity index (χ0v) is 12.2. The molecular formula is C17H20N3+. The molecule has 3 nitrogen and oxygen atoms in total. The Balaban J connectivity index is 2.11. The standard InChI is InChI=1S/C17H20N3/c1-13-7-4-5-8-15(13)16-9-6-10-17(19(16)3)20-12-11-18-14(20)2/h4-12,14,18H,1-3H3/q+1/t14-/m1/s1. The first-order valence-corrected chi connectivity index (χ1v) is 6.94. The van der Waals surface area contributed by atoms with Crippen molar-refractivity contribution >= 4 is 5.82 Å². The third kappa shape index (κ3) is 2.05. The fourth-order valence-electron chi connectivity index (χ4n) is 2.71. The number of hydrogen-bond acceptors (Lipinski definition) is 2. The minimum atomic E-state index is 0.285. The number of pyridine rings is 1. The summed E-state index contributed by atoms with van der Waals surface area (Å²) in [5.74, 6) is 1.18. The molecule has 2 heterocycles. The molecule has 1 atom stereocenters. The molecule has 1 aliphatic rings. The van der Waals surface area contributed by atoms with Crippen LogP contribution < -0.4 is 14.8 Å². The Kier molecular flexibility index (Phi) is 3.18. The molecule has 3 heteroatoms. The number of anilines is 1. The van der Waals surface area contributed by atoms with Crippen LogP contribution in [-0.4, -0.2) is 6.17 Å². The fourth-order valence-corrected chi connectivity index (χ4v) is 2.71. The summed E-state index contributed by atoms with van der Waals surface area (Å²) in [6.45, 7) is 4.31. The Bertz CT molecular complexity index is 661. The van der Waals surface area contributed by atoms with E-state index >= 15 is 0 Å². The molecule has 1 N–H and O–H groups in total. The van der Waals surface area contributed by atoms with E-state index in [4.69, 9.17) is 0 Å². The normalized spacial score (nSPS) is 17.4. The summed E-state index contributed by atoms with van der Waals surface area (Å²) in [6, 6.07) is 14.9. The number of benzene rings is 1. The molecule has 0 unspecified atom stereocenters. The first-order valence-electron chi connectivity index (χ1n) is 6.94. The molecule has 0 saturated heterocycles. The molecule has 0 radical (unpaired) electrons. The van der Waals surface area contributed by atoms with Crippen molar-refractivity contribution in [3.63, 3.8) is 0 Å². The van der Waals surface area contributed by atoms with Gasteiger partial charge in [-0.1, -0.05) is 24.3 Å². The van der Waals surface area contributed by atoms with Crippen molar-refractivity contribution in [2.45, 2.75) is 20.0 Å². The number of nitrogens with one attached hydrogen (secondary N) is 1. The average molecular weight is 266 g/mol. The molecule has 1 aromatic heterocycles. The lowest BCUT2D eigenvalue weighted by atomic mass is 10.0. The first kappa shape index (κ1) is 12.7. The number of aromatic nitrogens is 1. The lowest BCUT2D eigenvalue weighted by Gasteiger charge is -2.18. The third-order valence-corrected chi connectivity index (χ3v) is 3.88. The predicted molar refractivity (Wildman–Crippen MR) is 82.0 cm³/mol. The summed E-state index contributed by atoms with van der Waals surface area (Å²) < 4.78 is 2.25. The van der Waals surface area contributed by atoms with Crippen LogP contribution in [0.4, 0.5) is 5.82 Å². The second kappa shape index (κ2) is 5.00. The van der Waals surface area contributed by atoms with Gasteiger partial charge in [-0.2, -0.15) is 0 Å². The minimum Gasteiger partial charge on any atom is -0.350 e. The van der Waals surface area contributed by atoms with Crippen molar-refractivity contribution in [3.05, 3.63) is 60.4 Å². The van der Waals surface area contributed by atoms with Gasteiger partial charge >= 0.3 is 0 Å². The number of aryl methyl sites for hydroxylation is 1. The van der Waals surface area contributed by atoms with E-state index in [1.54, 1.807) is 0 Å². The highest BCUT2D eigenvalue weighted by Gasteiger charge is 2.26. The average Bonchev–Trinajstić information content (AvgIpc) is 2.86. The van der Waals surface area contributed by atoms with Gasteiger partial charge in [0.25, 0.3) is 5.82 Å². The molecule has 0 spiro atoms. The Morgan fingerprint density at radius 2 is 1.90 bits per heavy atom. The van der Waals surface area contributed by atoms with Gasteiger partial charge in [0.15, 0.2) is 6.17 Å². The van der Waals surface area contributed by atoms with Crippen LogP contribution in [0.2, 0.25) is 0 Å². The highest BCUT2D eigenvalue weighted by molar-refractivity contribution is 5.61. The van der Waals surface area contributed by atoms with E-state index in [0.29, 0.717) is 0 Å². The fraction of sp³-hybridized carbons (Fsp3) is 0.235. The second-order valence-electron chi connectivity index (χ2n) is 5.21. The van der Waals surface area contributed by atoms with Gasteiger partial charge in [0.05, 0.1) is 7.05 Å². The van der Waals surface area contributed by atoms with E-state index in [1.165, 1.54) is 22.6 Å². The second-order valence-corrected chi connectivity index (χ2v) is 5.21. The summed E-state index contributed by atoms with van der Waals surface area (Å²) in [4.78, 5) is 2.24. The van der Waals surface area contributed by atoms with Gasteiger partial charge in [-0.3, -0.25) is 0 Å². The van der Waals surface area contributed by atoms with Crippen molar-refractivity contribution in [2.75, 3.05) is 4.90 Å². The quantitative estimate of drug-likeness (QED) is 0.843. The van der Waals surface area contributed by atoms with Crippen molar-refractivity contribution < 1.29 is 4.57 Å². The third-order valence-electron chi connectivity index (χ3n) is 3.88. The summed E-state index contributed by atoms with van der Waals surface area (Å²) in [6.07, 6.45) is 4.36. The number of nitrogens with zero attached hydrogens (tertiary/aromatic N) is 2. The summed E-state index contributed by atoms with van der Waals surface area (Å²) >= 11 is 0. The Morgan fingerprint density at radius 3 is 2.60 bits per heavy atom. The molecule has 1 aromatic carbocycles. The van der Waals surface area contributed by atoms with E-state index in [-0.39, 0.29) is 6.17 Å². The zero-order valence-electron chi connectivity index (χ0n) is 12.2. The monoisotopic (exact) mass is 266 g/mol. The molecule has 3 rings (SSSR count). The number of hydrogen-bond donors (Lipinski definition) is 1. The van der Waals surface area contributed by atoms with Crippen LogP contribution in [0.1, 0.15) is 12.5 Å². The lowest BCUT2D eigenvalue weighted by Crippen LogP contribution is -2.43. The maximum absolute atomic E-state index is 3.30. The smallest absolute Gasteiger partial charge is 0.283 e. The van der Waals surface area contributed by atoms with E-state index in [9.17, 15) is 0 Å². The van der Waals surface area contributed by atoms with E-state index in [0.717, 1.165) is 0 Å². The van der Waals surface area contributed by atoms with Crippen LogP contribution in [0.25, 0.3) is 11.3 Å². The van der Waals surface area contributed by atoms with Gasteiger partial charge in [-0.15, -0.1) is 0 Å². The summed E-state index contributed by atoms with van der Waals surface area (Å²) in [7, 11) is 2.12. The molecular weight excluding hydrogens is 246 g/mol. The van der Waals surface area contributed by atoms with Crippen molar-refractivity contribution in [3.8, 4) is 11.3 Å². The molecule has 0 fully saturated rings. The topological polar surface area (TPSA) is 19.1 Å². The van der Waals surface area contributed by atoms with Gasteiger partial charge in [0, 0.05) is 17.8 Å². The van der Waals surface area contributed by atoms with Crippen molar-refractivity contribution in [1.82, 2.24) is 5.32 Å². The van der Waals surface area contributed by atoms with E-state index in [1.807, 2.05) is 6.20 Å². The van der Waals surface area contributed by atoms with E-state index < -0.39 is 0 Å². The molecule has 0 saturated carbocycles. The van der Waals surface area contributed by atoms with Gasteiger partial charge < -0.3 is 5.32 Å². The van der Waals surface area contributed by atoms with Crippen molar-refractivity contribution in [2.24, 2.45) is 7.05 Å². The predicted octanol–water partition coefficient (Wildman–Crippen LogP) is 2.71. The van der Waals surface area contributed by atoms with Gasteiger partial charge in [-0.05, 0) is 31.5 Å². The van der Waals surface area contributed by atoms with Crippen LogP contribution in [-0.2, 0) is 7.05 Å². The minimum absolute atomic E-state index is 0.285. The molecule has 0 amide bonds. The largest absolute Gasteiger partial charge is 0.350 e. The molecule has 102 valence electrons. The van der Waals surface area contributed by atoms with Crippen LogP contribution >= 0.6 is 0 Å². The molecule has 0 bridgehead atoms.